The fraction of sp³-hybridized carbons (Fsp3) is 0.462. The number of halogens is 4. The molecule has 0 aromatic heterocycles. The first-order valence-electron chi connectivity index (χ1n) is 11.7. The summed E-state index contributed by atoms with van der Waals surface area (Å²) in [6.45, 7) is 0.242. The number of fused-ring (bicyclic) bond motifs is 1. The van der Waals surface area contributed by atoms with Crippen LogP contribution in [0.25, 0.3) is 0 Å². The average Bonchev–Trinajstić information content (AvgIpc) is 3.12. The first-order valence-corrected chi connectivity index (χ1v) is 12.0. The highest BCUT2D eigenvalue weighted by Crippen LogP contribution is 2.50. The summed E-state index contributed by atoms with van der Waals surface area (Å²) in [5, 5.41) is 0.400. The summed E-state index contributed by atoms with van der Waals surface area (Å²) in [5.74, 6) is -1.04. The van der Waals surface area contributed by atoms with E-state index in [9.17, 15) is 22.8 Å². The molecule has 2 aliphatic rings. The summed E-state index contributed by atoms with van der Waals surface area (Å²) in [5.41, 5.74) is -1.69. The molecular formula is C26H28ClF3N2O3. The van der Waals surface area contributed by atoms with Crippen molar-refractivity contribution in [3.63, 3.8) is 0 Å². The lowest BCUT2D eigenvalue weighted by molar-refractivity contribution is -0.270. The van der Waals surface area contributed by atoms with Crippen LogP contribution < -0.4 is 0 Å². The van der Waals surface area contributed by atoms with Crippen LogP contribution in [0.5, 0.6) is 0 Å². The third-order valence-electron chi connectivity index (χ3n) is 6.86. The second-order valence-electron chi connectivity index (χ2n) is 9.41. The van der Waals surface area contributed by atoms with Crippen LogP contribution in [0.2, 0.25) is 5.02 Å². The first kappa shape index (κ1) is 25.5. The Morgan fingerprint density at radius 2 is 1.91 bits per heavy atom. The minimum absolute atomic E-state index is 0.147. The second-order valence-corrected chi connectivity index (χ2v) is 9.82. The van der Waals surface area contributed by atoms with Crippen molar-refractivity contribution in [1.29, 1.82) is 0 Å². The van der Waals surface area contributed by atoms with Crippen molar-refractivity contribution < 1.29 is 27.5 Å². The molecule has 2 amide bonds. The number of hydrogen-bond acceptors (Lipinski definition) is 3. The molecule has 0 aliphatic carbocycles. The van der Waals surface area contributed by atoms with Gasteiger partial charge in [0.15, 0.2) is 0 Å². The molecule has 2 aromatic rings. The van der Waals surface area contributed by atoms with Gasteiger partial charge < -0.3 is 14.5 Å². The summed E-state index contributed by atoms with van der Waals surface area (Å²) >= 11 is 6.29. The monoisotopic (exact) mass is 508 g/mol. The number of ether oxygens (including phenoxy) is 1. The zero-order chi connectivity index (χ0) is 25.4. The van der Waals surface area contributed by atoms with E-state index in [0.717, 1.165) is 24.8 Å². The number of amides is 2. The van der Waals surface area contributed by atoms with Crippen LogP contribution >= 0.6 is 11.6 Å². The van der Waals surface area contributed by atoms with Gasteiger partial charge in [-0.05, 0) is 55.7 Å². The van der Waals surface area contributed by atoms with Gasteiger partial charge in [-0.1, -0.05) is 48.0 Å². The zero-order valence-corrected chi connectivity index (χ0v) is 20.4. The number of carbonyl (C=O) groups is 2. The molecule has 35 heavy (non-hydrogen) atoms. The van der Waals surface area contributed by atoms with Crippen LogP contribution in [-0.4, -0.2) is 54.7 Å². The number of nitrogens with zero attached hydrogens (tertiary/aromatic N) is 2. The molecule has 2 saturated heterocycles. The highest BCUT2D eigenvalue weighted by Gasteiger charge is 2.70. The van der Waals surface area contributed by atoms with Crippen LogP contribution in [0.4, 0.5) is 13.2 Å². The molecule has 4 rings (SSSR count). The molecule has 0 spiro atoms. The van der Waals surface area contributed by atoms with Gasteiger partial charge in [-0.25, -0.2) is 0 Å². The summed E-state index contributed by atoms with van der Waals surface area (Å²) in [4.78, 5) is 27.9. The number of hydrogen-bond donors (Lipinski definition) is 0. The largest absolute Gasteiger partial charge is 0.431 e. The highest BCUT2D eigenvalue weighted by molar-refractivity contribution is 6.33. The number of carbonyl (C=O) groups excluding carboxylic acids is 2. The summed E-state index contributed by atoms with van der Waals surface area (Å²) in [6.07, 6.45) is -2.42. The quantitative estimate of drug-likeness (QED) is 0.524. The molecule has 0 N–H and O–H groups in total. The summed E-state index contributed by atoms with van der Waals surface area (Å²) in [7, 11) is 3.33. The van der Waals surface area contributed by atoms with E-state index in [1.54, 1.807) is 32.3 Å². The molecule has 2 fully saturated rings. The lowest BCUT2D eigenvalue weighted by Crippen LogP contribution is -2.50. The Kier molecular flexibility index (Phi) is 7.16. The van der Waals surface area contributed by atoms with Crippen molar-refractivity contribution in [1.82, 2.24) is 9.80 Å². The Bertz CT molecular complexity index is 1090. The maximum absolute atomic E-state index is 14.2. The molecule has 2 unspecified atom stereocenters. The number of benzene rings is 2. The van der Waals surface area contributed by atoms with Crippen LogP contribution in [0.15, 0.2) is 48.5 Å². The highest BCUT2D eigenvalue weighted by atomic mass is 35.5. The molecule has 3 atom stereocenters. The summed E-state index contributed by atoms with van der Waals surface area (Å²) in [6, 6.07) is 12.5. The number of aryl methyl sites for hydroxylation is 1. The zero-order valence-electron chi connectivity index (χ0n) is 19.6. The summed E-state index contributed by atoms with van der Waals surface area (Å²) < 4.78 is 48.3. The maximum atomic E-state index is 14.2. The fourth-order valence-electron chi connectivity index (χ4n) is 5.00. The van der Waals surface area contributed by atoms with Gasteiger partial charge in [-0.3, -0.25) is 9.59 Å². The number of alkyl halides is 3. The Hall–Kier alpha value is -2.58. The average molecular weight is 509 g/mol. The number of piperidine rings is 1. The third-order valence-corrected chi connectivity index (χ3v) is 7.18. The molecule has 5 nitrogen and oxygen atoms in total. The maximum Gasteiger partial charge on any atom is 0.431 e. The van der Waals surface area contributed by atoms with Gasteiger partial charge in [-0.15, -0.1) is 0 Å². The van der Waals surface area contributed by atoms with Gasteiger partial charge in [0.1, 0.15) is 6.23 Å². The Morgan fingerprint density at radius 1 is 1.20 bits per heavy atom. The molecule has 2 heterocycles. The van der Waals surface area contributed by atoms with E-state index in [1.807, 2.05) is 6.07 Å². The second kappa shape index (κ2) is 9.82. The SMILES string of the molecule is CN(C)C(=O)c1ccc(CCCC2CCN3C(=O)[C@](c4ccccc4)(C(F)(F)F)OC3C2)cc1Cl. The molecule has 0 saturated carbocycles. The molecule has 9 heteroatoms. The molecular weight excluding hydrogens is 481 g/mol. The van der Waals surface area contributed by atoms with E-state index in [1.165, 1.54) is 34.1 Å². The fourth-order valence-corrected chi connectivity index (χ4v) is 5.28. The molecule has 0 bridgehead atoms. The lowest BCUT2D eigenvalue weighted by Gasteiger charge is -2.33. The molecule has 188 valence electrons. The lowest BCUT2D eigenvalue weighted by atomic mass is 9.89. The predicted molar refractivity (Wildman–Crippen MR) is 126 cm³/mol. The Balaban J connectivity index is 1.39. The van der Waals surface area contributed by atoms with Gasteiger partial charge >= 0.3 is 6.18 Å². The van der Waals surface area contributed by atoms with E-state index < -0.39 is 23.9 Å². The van der Waals surface area contributed by atoms with Crippen LogP contribution in [0.3, 0.4) is 0 Å². The van der Waals surface area contributed by atoms with Gasteiger partial charge in [0.25, 0.3) is 17.4 Å². The molecule has 2 aliphatic heterocycles. The molecule has 0 radical (unpaired) electrons. The smallest absolute Gasteiger partial charge is 0.345 e. The van der Waals surface area contributed by atoms with Gasteiger partial charge in [0.05, 0.1) is 10.6 Å². The minimum atomic E-state index is -4.86. The standard InChI is InChI=1S/C26H28ClF3N2O3/c1-31(2)23(33)20-12-11-17(15-21(20)27)7-6-8-18-13-14-32-22(16-18)35-25(24(32)34,26(28,29)30)19-9-4-3-5-10-19/h3-5,9-12,15,18,22H,6-8,13-14,16H2,1-2H3/t18?,22?,25-/m1/s1. The van der Waals surface area contributed by atoms with Gasteiger partial charge in [0, 0.05) is 26.2 Å². The van der Waals surface area contributed by atoms with E-state index in [-0.39, 0.29) is 23.9 Å². The van der Waals surface area contributed by atoms with Gasteiger partial charge in [-0.2, -0.15) is 13.2 Å². The van der Waals surface area contributed by atoms with E-state index in [2.05, 4.69) is 0 Å². The number of rotatable bonds is 6. The van der Waals surface area contributed by atoms with Crippen LogP contribution in [-0.2, 0) is 21.6 Å². The van der Waals surface area contributed by atoms with Crippen molar-refractivity contribution in [2.24, 2.45) is 5.92 Å². The third kappa shape index (κ3) is 4.78. The Morgan fingerprint density at radius 3 is 2.54 bits per heavy atom. The normalized spacial score (nSPS) is 24.4. The van der Waals surface area contributed by atoms with Crippen molar-refractivity contribution in [2.45, 2.75) is 50.1 Å². The van der Waals surface area contributed by atoms with E-state index in [0.29, 0.717) is 23.4 Å². The van der Waals surface area contributed by atoms with Crippen molar-refractivity contribution in [2.75, 3.05) is 20.6 Å². The predicted octanol–water partition coefficient (Wildman–Crippen LogP) is 5.42. The van der Waals surface area contributed by atoms with Crippen molar-refractivity contribution in [3.8, 4) is 0 Å². The van der Waals surface area contributed by atoms with E-state index >= 15 is 0 Å². The van der Waals surface area contributed by atoms with Crippen molar-refractivity contribution >= 4 is 23.4 Å². The molecule has 2 aromatic carbocycles. The topological polar surface area (TPSA) is 49.9 Å². The van der Waals surface area contributed by atoms with Crippen molar-refractivity contribution in [3.05, 3.63) is 70.2 Å². The van der Waals surface area contributed by atoms with Crippen LogP contribution in [0, 0.1) is 5.92 Å². The minimum Gasteiger partial charge on any atom is -0.345 e. The Labute approximate surface area is 207 Å². The van der Waals surface area contributed by atoms with Gasteiger partial charge in [0.2, 0.25) is 0 Å². The van der Waals surface area contributed by atoms with Crippen LogP contribution in [0.1, 0.15) is 47.2 Å². The van der Waals surface area contributed by atoms with E-state index in [4.69, 9.17) is 16.3 Å². The first-order chi connectivity index (χ1) is 16.5.